The van der Waals surface area contributed by atoms with Crippen molar-refractivity contribution < 1.29 is 9.53 Å². The first-order valence-corrected chi connectivity index (χ1v) is 5.12. The highest BCUT2D eigenvalue weighted by Crippen LogP contribution is 2.13. The van der Waals surface area contributed by atoms with Crippen molar-refractivity contribution in [1.82, 2.24) is 4.98 Å². The van der Waals surface area contributed by atoms with Gasteiger partial charge in [0.1, 0.15) is 12.4 Å². The van der Waals surface area contributed by atoms with E-state index in [0.717, 1.165) is 11.4 Å². The molecule has 0 unspecified atom stereocenters. The highest BCUT2D eigenvalue weighted by molar-refractivity contribution is 5.94. The lowest BCUT2D eigenvalue weighted by atomic mass is 10.1. The van der Waals surface area contributed by atoms with Crippen LogP contribution in [-0.4, -0.2) is 10.8 Å². The normalized spacial score (nSPS) is 10.1. The van der Waals surface area contributed by atoms with Gasteiger partial charge in [-0.05, 0) is 43.3 Å². The van der Waals surface area contributed by atoms with Gasteiger partial charge in [0.15, 0.2) is 5.78 Å². The quantitative estimate of drug-likeness (QED) is 0.797. The van der Waals surface area contributed by atoms with Gasteiger partial charge in [-0.2, -0.15) is 0 Å². The number of Topliss-reactive ketones (excluding diaryl/α,β-unsaturated/α-hetero) is 1. The van der Waals surface area contributed by atoms with E-state index in [4.69, 9.17) is 4.74 Å². The van der Waals surface area contributed by atoms with E-state index in [2.05, 4.69) is 4.98 Å². The van der Waals surface area contributed by atoms with Crippen LogP contribution < -0.4 is 4.74 Å². The zero-order valence-corrected chi connectivity index (χ0v) is 9.07. The number of carbonyl (C=O) groups is 1. The fourth-order valence-corrected chi connectivity index (χ4v) is 1.40. The molecule has 2 aromatic rings. The molecule has 0 bridgehead atoms. The van der Waals surface area contributed by atoms with Gasteiger partial charge in [-0.3, -0.25) is 4.79 Å². The van der Waals surface area contributed by atoms with E-state index >= 15 is 0 Å². The molecule has 2 rings (SSSR count). The number of rotatable bonds is 4. The molecule has 0 atom stereocenters. The summed E-state index contributed by atoms with van der Waals surface area (Å²) in [6.07, 6.45) is 1.86. The molecule has 0 spiro atoms. The number of aromatic amines is 1. The number of ketones is 1. The SMILES string of the molecule is CC(=O)c1ccc(OCc2ccc[nH]2)cc1. The summed E-state index contributed by atoms with van der Waals surface area (Å²) in [7, 11) is 0. The average Bonchev–Trinajstić information content (AvgIpc) is 2.80. The Bertz CT molecular complexity index is 457. The third-order valence-electron chi connectivity index (χ3n) is 2.32. The van der Waals surface area contributed by atoms with Gasteiger partial charge in [0.2, 0.25) is 0 Å². The molecule has 82 valence electrons. The monoisotopic (exact) mass is 215 g/mol. The minimum absolute atomic E-state index is 0.0657. The number of hydrogen-bond acceptors (Lipinski definition) is 2. The molecule has 1 heterocycles. The number of benzene rings is 1. The van der Waals surface area contributed by atoms with Crippen LogP contribution in [0.2, 0.25) is 0 Å². The summed E-state index contributed by atoms with van der Waals surface area (Å²) in [5.41, 5.74) is 1.72. The van der Waals surface area contributed by atoms with Crippen molar-refractivity contribution in [2.45, 2.75) is 13.5 Å². The fourth-order valence-electron chi connectivity index (χ4n) is 1.40. The van der Waals surface area contributed by atoms with Gasteiger partial charge in [-0.25, -0.2) is 0 Å². The Balaban J connectivity index is 1.98. The Labute approximate surface area is 94.1 Å². The number of ether oxygens (including phenoxy) is 1. The van der Waals surface area contributed by atoms with Crippen LogP contribution in [-0.2, 0) is 6.61 Å². The molecule has 0 fully saturated rings. The highest BCUT2D eigenvalue weighted by Gasteiger charge is 2.00. The molecule has 0 aliphatic rings. The van der Waals surface area contributed by atoms with Crippen LogP contribution >= 0.6 is 0 Å². The maximum absolute atomic E-state index is 11.1. The fraction of sp³-hybridized carbons (Fsp3) is 0.154. The van der Waals surface area contributed by atoms with E-state index in [1.165, 1.54) is 0 Å². The highest BCUT2D eigenvalue weighted by atomic mass is 16.5. The molecule has 16 heavy (non-hydrogen) atoms. The van der Waals surface area contributed by atoms with Gasteiger partial charge >= 0.3 is 0 Å². The van der Waals surface area contributed by atoms with Gasteiger partial charge in [0.25, 0.3) is 0 Å². The first-order chi connectivity index (χ1) is 7.75. The topological polar surface area (TPSA) is 42.1 Å². The number of carbonyl (C=O) groups excluding carboxylic acids is 1. The molecular weight excluding hydrogens is 202 g/mol. The van der Waals surface area contributed by atoms with Crippen LogP contribution in [0.4, 0.5) is 0 Å². The second-order valence-electron chi connectivity index (χ2n) is 3.56. The predicted molar refractivity (Wildman–Crippen MR) is 61.6 cm³/mol. The summed E-state index contributed by atoms with van der Waals surface area (Å²) in [4.78, 5) is 14.1. The van der Waals surface area contributed by atoms with Crippen LogP contribution in [0.3, 0.4) is 0 Å². The number of H-pyrrole nitrogens is 1. The molecule has 0 aliphatic carbocycles. The van der Waals surface area contributed by atoms with Crippen molar-refractivity contribution in [3.8, 4) is 5.75 Å². The lowest BCUT2D eigenvalue weighted by Gasteiger charge is -2.05. The van der Waals surface area contributed by atoms with E-state index in [1.807, 2.05) is 18.3 Å². The second kappa shape index (κ2) is 4.66. The van der Waals surface area contributed by atoms with E-state index < -0.39 is 0 Å². The minimum Gasteiger partial charge on any atom is -0.487 e. The van der Waals surface area contributed by atoms with Crippen LogP contribution in [0.25, 0.3) is 0 Å². The summed E-state index contributed by atoms with van der Waals surface area (Å²) in [5, 5.41) is 0. The van der Waals surface area contributed by atoms with Gasteiger partial charge in [0, 0.05) is 11.8 Å². The van der Waals surface area contributed by atoms with E-state index in [-0.39, 0.29) is 5.78 Å². The smallest absolute Gasteiger partial charge is 0.159 e. The second-order valence-corrected chi connectivity index (χ2v) is 3.56. The van der Waals surface area contributed by atoms with Crippen LogP contribution in [0, 0.1) is 0 Å². The Morgan fingerprint density at radius 1 is 1.25 bits per heavy atom. The third kappa shape index (κ3) is 2.51. The zero-order valence-electron chi connectivity index (χ0n) is 9.07. The van der Waals surface area contributed by atoms with Crippen molar-refractivity contribution in [3.63, 3.8) is 0 Å². The van der Waals surface area contributed by atoms with Crippen molar-refractivity contribution in [2.75, 3.05) is 0 Å². The van der Waals surface area contributed by atoms with Crippen molar-refractivity contribution in [2.24, 2.45) is 0 Å². The van der Waals surface area contributed by atoms with E-state index in [9.17, 15) is 4.79 Å². The molecule has 0 radical (unpaired) electrons. The van der Waals surface area contributed by atoms with E-state index in [1.54, 1.807) is 31.2 Å². The van der Waals surface area contributed by atoms with E-state index in [0.29, 0.717) is 12.2 Å². The summed E-state index contributed by atoms with van der Waals surface area (Å²) in [6.45, 7) is 2.06. The first kappa shape index (κ1) is 10.5. The maximum atomic E-state index is 11.1. The molecule has 0 saturated carbocycles. The summed E-state index contributed by atoms with van der Waals surface area (Å²) in [6, 6.07) is 11.0. The Hall–Kier alpha value is -2.03. The van der Waals surface area contributed by atoms with Crippen molar-refractivity contribution in [1.29, 1.82) is 0 Å². The molecule has 1 N–H and O–H groups in total. The molecule has 1 aromatic carbocycles. The first-order valence-electron chi connectivity index (χ1n) is 5.12. The minimum atomic E-state index is 0.0657. The predicted octanol–water partition coefficient (Wildman–Crippen LogP) is 2.80. The molecule has 0 aliphatic heterocycles. The van der Waals surface area contributed by atoms with Crippen LogP contribution in [0.5, 0.6) is 5.75 Å². The van der Waals surface area contributed by atoms with Crippen molar-refractivity contribution >= 4 is 5.78 Å². The number of aromatic nitrogens is 1. The molecule has 0 amide bonds. The summed E-state index contributed by atoms with van der Waals surface area (Å²) < 4.78 is 5.54. The zero-order chi connectivity index (χ0) is 11.4. The van der Waals surface area contributed by atoms with Gasteiger partial charge in [-0.1, -0.05) is 0 Å². The Kier molecular flexibility index (Phi) is 3.05. The molecule has 0 saturated heterocycles. The standard InChI is InChI=1S/C13H13NO2/c1-10(15)11-4-6-13(7-5-11)16-9-12-3-2-8-14-12/h2-8,14H,9H2,1H3. The molecule has 3 nitrogen and oxygen atoms in total. The lowest BCUT2D eigenvalue weighted by Crippen LogP contribution is -1.96. The summed E-state index contributed by atoms with van der Waals surface area (Å²) in [5.74, 6) is 0.829. The van der Waals surface area contributed by atoms with Gasteiger partial charge in [0.05, 0.1) is 5.69 Å². The molecular formula is C13H13NO2. The Morgan fingerprint density at radius 3 is 2.56 bits per heavy atom. The van der Waals surface area contributed by atoms with Gasteiger partial charge < -0.3 is 9.72 Å². The van der Waals surface area contributed by atoms with Gasteiger partial charge in [-0.15, -0.1) is 0 Å². The molecule has 3 heteroatoms. The summed E-state index contributed by atoms with van der Waals surface area (Å²) >= 11 is 0. The van der Waals surface area contributed by atoms with Crippen LogP contribution in [0.1, 0.15) is 23.0 Å². The average molecular weight is 215 g/mol. The number of nitrogens with one attached hydrogen (secondary N) is 1. The van der Waals surface area contributed by atoms with Crippen molar-refractivity contribution in [3.05, 3.63) is 53.9 Å². The third-order valence-corrected chi connectivity index (χ3v) is 2.32. The van der Waals surface area contributed by atoms with Crippen LogP contribution in [0.15, 0.2) is 42.6 Å². The largest absolute Gasteiger partial charge is 0.487 e. The maximum Gasteiger partial charge on any atom is 0.159 e. The Morgan fingerprint density at radius 2 is 2.00 bits per heavy atom. The lowest BCUT2D eigenvalue weighted by molar-refractivity contribution is 0.101. The number of hydrogen-bond donors (Lipinski definition) is 1. The molecule has 1 aromatic heterocycles.